The van der Waals surface area contributed by atoms with E-state index in [4.69, 9.17) is 9.15 Å². The molecule has 1 aromatic heterocycles. The van der Waals surface area contributed by atoms with Gasteiger partial charge >= 0.3 is 0 Å². The van der Waals surface area contributed by atoms with Crippen LogP contribution >= 0.6 is 0 Å². The summed E-state index contributed by atoms with van der Waals surface area (Å²) in [6.45, 7) is 5.81. The molecule has 0 saturated carbocycles. The second-order valence-corrected chi connectivity index (χ2v) is 6.62. The van der Waals surface area contributed by atoms with E-state index in [1.807, 2.05) is 0 Å². The zero-order valence-corrected chi connectivity index (χ0v) is 13.5. The molecule has 0 amide bonds. The van der Waals surface area contributed by atoms with Crippen molar-refractivity contribution in [3.8, 4) is 0 Å². The van der Waals surface area contributed by atoms with Crippen molar-refractivity contribution in [1.82, 2.24) is 9.62 Å². The lowest BCUT2D eigenvalue weighted by atomic mass is 10.3. The van der Waals surface area contributed by atoms with Gasteiger partial charge in [-0.05, 0) is 25.0 Å². The third-order valence-electron chi connectivity index (χ3n) is 2.97. The van der Waals surface area contributed by atoms with Gasteiger partial charge in [0.25, 0.3) is 10.0 Å². The van der Waals surface area contributed by atoms with Crippen LogP contribution in [0.3, 0.4) is 0 Å². The minimum atomic E-state index is -3.55. The third-order valence-corrected chi connectivity index (χ3v) is 4.70. The first-order valence-corrected chi connectivity index (χ1v) is 8.32. The molecule has 0 atom stereocenters. The van der Waals surface area contributed by atoms with E-state index in [1.54, 1.807) is 26.3 Å². The molecule has 0 bridgehead atoms. The Kier molecular flexibility index (Phi) is 7.66. The maximum Gasteiger partial charge on any atom is 0.276 e. The van der Waals surface area contributed by atoms with E-state index >= 15 is 0 Å². The average molecular weight is 316 g/mol. The van der Waals surface area contributed by atoms with Crippen molar-refractivity contribution in [3.05, 3.63) is 30.5 Å². The fraction of sp³-hybridized carbons (Fsp3) is 0.571. The Morgan fingerprint density at radius 1 is 1.48 bits per heavy atom. The maximum absolute atomic E-state index is 12.3. The highest BCUT2D eigenvalue weighted by Gasteiger charge is 2.23. The van der Waals surface area contributed by atoms with Crippen LogP contribution in [0.4, 0.5) is 0 Å². The quantitative estimate of drug-likeness (QED) is 0.496. The fourth-order valence-electron chi connectivity index (χ4n) is 1.71. The highest BCUT2D eigenvalue weighted by atomic mass is 32.2. The van der Waals surface area contributed by atoms with Crippen LogP contribution in [0.5, 0.6) is 0 Å². The van der Waals surface area contributed by atoms with E-state index in [0.717, 1.165) is 12.8 Å². The van der Waals surface area contributed by atoms with Crippen LogP contribution in [0.1, 0.15) is 18.6 Å². The molecule has 6 nitrogen and oxygen atoms in total. The lowest BCUT2D eigenvalue weighted by molar-refractivity contribution is 0.198. The number of rotatable bonds is 11. The minimum absolute atomic E-state index is 0.0212. The number of methoxy groups -OCH3 is 1. The Labute approximate surface area is 126 Å². The number of sulfonamides is 1. The monoisotopic (exact) mass is 316 g/mol. The normalized spacial score (nSPS) is 12.0. The molecule has 7 heteroatoms. The van der Waals surface area contributed by atoms with Crippen LogP contribution in [-0.4, -0.2) is 46.6 Å². The third kappa shape index (κ3) is 5.62. The maximum atomic E-state index is 12.3. The van der Waals surface area contributed by atoms with Crippen molar-refractivity contribution in [2.75, 3.05) is 33.9 Å². The second-order valence-electron chi connectivity index (χ2n) is 4.65. The van der Waals surface area contributed by atoms with E-state index in [9.17, 15) is 8.42 Å². The fourth-order valence-corrected chi connectivity index (χ4v) is 2.84. The Hall–Kier alpha value is -1.15. The van der Waals surface area contributed by atoms with Crippen molar-refractivity contribution in [1.29, 1.82) is 0 Å². The first-order chi connectivity index (χ1) is 10.0. The summed E-state index contributed by atoms with van der Waals surface area (Å²) in [6.07, 6.45) is 3.30. The van der Waals surface area contributed by atoms with E-state index in [2.05, 4.69) is 11.9 Å². The standard InChI is InChI=1S/C14H24N2O4S/c1-4-5-6-10-16(2)21(17,18)14-8-7-13(20-14)12-15-9-11-19-3/h4,7-8,15H,1,5-6,9-12H2,2-3H3. The number of nitrogens with zero attached hydrogens (tertiary/aromatic N) is 1. The molecule has 0 fully saturated rings. The SMILES string of the molecule is C=CCCCN(C)S(=O)(=O)c1ccc(CNCCOC)o1. The summed E-state index contributed by atoms with van der Waals surface area (Å²) < 4.78 is 36.2. The average Bonchev–Trinajstić information content (AvgIpc) is 2.93. The molecule has 21 heavy (non-hydrogen) atoms. The van der Waals surface area contributed by atoms with Gasteiger partial charge in [0.1, 0.15) is 5.76 Å². The lowest BCUT2D eigenvalue weighted by Gasteiger charge is -2.14. The van der Waals surface area contributed by atoms with E-state index in [0.29, 0.717) is 32.0 Å². The topological polar surface area (TPSA) is 71.8 Å². The van der Waals surface area contributed by atoms with E-state index in [1.165, 1.54) is 10.4 Å². The van der Waals surface area contributed by atoms with Gasteiger partial charge in [-0.2, -0.15) is 4.31 Å². The van der Waals surface area contributed by atoms with Crippen LogP contribution in [0, 0.1) is 0 Å². The number of hydrogen-bond donors (Lipinski definition) is 1. The molecule has 0 aliphatic carbocycles. The summed E-state index contributed by atoms with van der Waals surface area (Å²) in [5.41, 5.74) is 0. The number of ether oxygens (including phenoxy) is 1. The van der Waals surface area contributed by atoms with E-state index in [-0.39, 0.29) is 5.09 Å². The number of furan rings is 1. The predicted octanol–water partition coefficient (Wildman–Crippen LogP) is 1.60. The zero-order chi connectivity index (χ0) is 15.7. The van der Waals surface area contributed by atoms with Gasteiger partial charge in [0, 0.05) is 27.2 Å². The van der Waals surface area contributed by atoms with Gasteiger partial charge in [0.05, 0.1) is 13.2 Å². The summed E-state index contributed by atoms with van der Waals surface area (Å²) in [5.74, 6) is 0.587. The molecule has 1 rings (SSSR count). The van der Waals surface area contributed by atoms with Gasteiger partial charge in [-0.1, -0.05) is 6.08 Å². The summed E-state index contributed by atoms with van der Waals surface area (Å²) in [5, 5.41) is 3.08. The van der Waals surface area contributed by atoms with Crippen molar-refractivity contribution < 1.29 is 17.6 Å². The Bertz CT molecular complexity index is 525. The second kappa shape index (κ2) is 8.99. The lowest BCUT2D eigenvalue weighted by Crippen LogP contribution is -2.27. The molecule has 0 saturated heterocycles. The van der Waals surface area contributed by atoms with Crippen LogP contribution in [-0.2, 0) is 21.3 Å². The molecule has 0 aliphatic heterocycles. The van der Waals surface area contributed by atoms with Crippen LogP contribution in [0.25, 0.3) is 0 Å². The van der Waals surface area contributed by atoms with Gasteiger partial charge in [-0.15, -0.1) is 6.58 Å². The van der Waals surface area contributed by atoms with Gasteiger partial charge in [0.15, 0.2) is 0 Å². The molecule has 1 N–H and O–H groups in total. The van der Waals surface area contributed by atoms with E-state index < -0.39 is 10.0 Å². The Morgan fingerprint density at radius 3 is 2.90 bits per heavy atom. The Morgan fingerprint density at radius 2 is 2.24 bits per heavy atom. The number of hydrogen-bond acceptors (Lipinski definition) is 5. The molecule has 0 aliphatic rings. The molecule has 120 valence electrons. The summed E-state index contributed by atoms with van der Waals surface area (Å²) in [7, 11) is -0.375. The van der Waals surface area contributed by atoms with Crippen molar-refractivity contribution >= 4 is 10.0 Å². The van der Waals surface area contributed by atoms with Gasteiger partial charge in [0.2, 0.25) is 5.09 Å². The van der Waals surface area contributed by atoms with Crippen molar-refractivity contribution in [2.45, 2.75) is 24.5 Å². The summed E-state index contributed by atoms with van der Waals surface area (Å²) in [6, 6.07) is 3.16. The van der Waals surface area contributed by atoms with Gasteiger partial charge in [-0.25, -0.2) is 8.42 Å². The number of allylic oxidation sites excluding steroid dienone is 1. The molecule has 0 unspecified atom stereocenters. The highest BCUT2D eigenvalue weighted by Crippen LogP contribution is 2.18. The number of nitrogens with one attached hydrogen (secondary N) is 1. The number of unbranched alkanes of at least 4 members (excludes halogenated alkanes) is 1. The van der Waals surface area contributed by atoms with Gasteiger partial charge in [-0.3, -0.25) is 0 Å². The molecular weight excluding hydrogens is 292 g/mol. The van der Waals surface area contributed by atoms with Gasteiger partial charge < -0.3 is 14.5 Å². The Balaban J connectivity index is 2.58. The summed E-state index contributed by atoms with van der Waals surface area (Å²) >= 11 is 0. The highest BCUT2D eigenvalue weighted by molar-refractivity contribution is 7.89. The van der Waals surface area contributed by atoms with Crippen LogP contribution in [0.2, 0.25) is 0 Å². The molecule has 0 radical (unpaired) electrons. The van der Waals surface area contributed by atoms with Crippen LogP contribution in [0.15, 0.2) is 34.3 Å². The van der Waals surface area contributed by atoms with Crippen molar-refractivity contribution in [2.24, 2.45) is 0 Å². The largest absolute Gasteiger partial charge is 0.447 e. The first-order valence-electron chi connectivity index (χ1n) is 6.88. The molecular formula is C14H24N2O4S. The molecule has 1 heterocycles. The zero-order valence-electron chi connectivity index (χ0n) is 12.7. The van der Waals surface area contributed by atoms with Crippen LogP contribution < -0.4 is 5.32 Å². The minimum Gasteiger partial charge on any atom is -0.447 e. The molecule has 0 spiro atoms. The summed E-state index contributed by atoms with van der Waals surface area (Å²) in [4.78, 5) is 0. The molecule has 0 aromatic carbocycles. The van der Waals surface area contributed by atoms with Crippen molar-refractivity contribution in [3.63, 3.8) is 0 Å². The molecule has 1 aromatic rings. The predicted molar refractivity (Wildman–Crippen MR) is 81.5 cm³/mol. The smallest absolute Gasteiger partial charge is 0.276 e. The first kappa shape index (κ1) is 17.9.